The van der Waals surface area contributed by atoms with Crippen molar-refractivity contribution in [2.24, 2.45) is 0 Å². The van der Waals surface area contributed by atoms with E-state index in [9.17, 15) is 18.0 Å². The van der Waals surface area contributed by atoms with Crippen molar-refractivity contribution >= 4 is 29.0 Å². The van der Waals surface area contributed by atoms with E-state index in [0.717, 1.165) is 11.6 Å². The van der Waals surface area contributed by atoms with E-state index in [4.69, 9.17) is 11.6 Å². The van der Waals surface area contributed by atoms with Crippen LogP contribution >= 0.6 is 11.6 Å². The Bertz CT molecular complexity index is 1050. The Kier molecular flexibility index (Phi) is 5.83. The number of para-hydroxylation sites is 1. The van der Waals surface area contributed by atoms with Crippen LogP contribution in [0.2, 0.25) is 5.02 Å². The molecule has 1 heterocycles. The predicted octanol–water partition coefficient (Wildman–Crippen LogP) is 5.86. The van der Waals surface area contributed by atoms with Crippen molar-refractivity contribution in [1.82, 2.24) is 9.78 Å². The standard InChI is InChI=1S/C20H18ClF3N4O/c1-12-18(13(2)28(27-12)11-14-6-5-7-15(21)10-14)26-19(29)25-17-9-4-3-8-16(17)20(22,23)24/h3-10H,11H2,1-2H3,(H2,25,26,29). The first-order valence-corrected chi connectivity index (χ1v) is 9.05. The zero-order valence-corrected chi connectivity index (χ0v) is 16.4. The van der Waals surface area contributed by atoms with Gasteiger partial charge in [-0.3, -0.25) is 4.68 Å². The summed E-state index contributed by atoms with van der Waals surface area (Å²) in [7, 11) is 0. The van der Waals surface area contributed by atoms with Gasteiger partial charge in [0.1, 0.15) is 0 Å². The average molecular weight is 423 g/mol. The third-order valence-electron chi connectivity index (χ3n) is 4.32. The number of hydrogen-bond acceptors (Lipinski definition) is 2. The Morgan fingerprint density at radius 1 is 1.10 bits per heavy atom. The van der Waals surface area contributed by atoms with Crippen LogP contribution in [0.3, 0.4) is 0 Å². The Balaban J connectivity index is 1.77. The van der Waals surface area contributed by atoms with Gasteiger partial charge in [-0.1, -0.05) is 35.9 Å². The highest BCUT2D eigenvalue weighted by atomic mass is 35.5. The Morgan fingerprint density at radius 2 is 1.83 bits per heavy atom. The first-order valence-electron chi connectivity index (χ1n) is 8.68. The largest absolute Gasteiger partial charge is 0.418 e. The summed E-state index contributed by atoms with van der Waals surface area (Å²) in [6, 6.07) is 11.3. The molecular formula is C20H18ClF3N4O. The molecule has 0 spiro atoms. The fraction of sp³-hybridized carbons (Fsp3) is 0.200. The van der Waals surface area contributed by atoms with E-state index in [1.54, 1.807) is 24.6 Å². The fourth-order valence-electron chi connectivity index (χ4n) is 2.95. The molecule has 29 heavy (non-hydrogen) atoms. The second kappa shape index (κ2) is 8.16. The van der Waals surface area contributed by atoms with Crippen LogP contribution in [-0.4, -0.2) is 15.8 Å². The molecule has 0 atom stereocenters. The van der Waals surface area contributed by atoms with E-state index in [2.05, 4.69) is 15.7 Å². The van der Waals surface area contributed by atoms with Gasteiger partial charge in [-0.15, -0.1) is 0 Å². The van der Waals surface area contributed by atoms with Gasteiger partial charge in [0, 0.05) is 5.02 Å². The minimum Gasteiger partial charge on any atom is -0.307 e. The van der Waals surface area contributed by atoms with Crippen LogP contribution in [0.25, 0.3) is 0 Å². The Labute approximate surface area is 170 Å². The Morgan fingerprint density at radius 3 is 2.52 bits per heavy atom. The molecule has 0 saturated heterocycles. The third-order valence-corrected chi connectivity index (χ3v) is 4.56. The maximum absolute atomic E-state index is 13.1. The summed E-state index contributed by atoms with van der Waals surface area (Å²) in [6.45, 7) is 3.91. The van der Waals surface area contributed by atoms with Crippen LogP contribution in [0.1, 0.15) is 22.5 Å². The smallest absolute Gasteiger partial charge is 0.307 e. The number of amides is 2. The number of benzene rings is 2. The molecule has 2 N–H and O–H groups in total. The molecule has 152 valence electrons. The number of aryl methyl sites for hydroxylation is 1. The van der Waals surface area contributed by atoms with Crippen LogP contribution in [-0.2, 0) is 12.7 Å². The highest BCUT2D eigenvalue weighted by Crippen LogP contribution is 2.34. The number of carbonyl (C=O) groups excluding carboxylic acids is 1. The molecular weight excluding hydrogens is 405 g/mol. The zero-order valence-electron chi connectivity index (χ0n) is 15.6. The average Bonchev–Trinajstić information content (AvgIpc) is 2.89. The van der Waals surface area contributed by atoms with Crippen molar-refractivity contribution in [3.63, 3.8) is 0 Å². The van der Waals surface area contributed by atoms with Crippen molar-refractivity contribution in [2.75, 3.05) is 10.6 Å². The maximum atomic E-state index is 13.1. The van der Waals surface area contributed by atoms with Gasteiger partial charge in [-0.25, -0.2) is 4.79 Å². The van der Waals surface area contributed by atoms with E-state index in [-0.39, 0.29) is 5.69 Å². The van der Waals surface area contributed by atoms with Crippen molar-refractivity contribution < 1.29 is 18.0 Å². The number of nitrogens with one attached hydrogen (secondary N) is 2. The normalized spacial score (nSPS) is 11.4. The molecule has 0 radical (unpaired) electrons. The molecule has 0 saturated carbocycles. The number of hydrogen-bond donors (Lipinski definition) is 2. The van der Waals surface area contributed by atoms with Crippen LogP contribution in [0.5, 0.6) is 0 Å². The monoisotopic (exact) mass is 422 g/mol. The summed E-state index contributed by atoms with van der Waals surface area (Å²) < 4.78 is 41.0. The minimum absolute atomic E-state index is 0.320. The van der Waals surface area contributed by atoms with Gasteiger partial charge in [-0.05, 0) is 43.7 Å². The SMILES string of the molecule is Cc1nn(Cc2cccc(Cl)c2)c(C)c1NC(=O)Nc1ccccc1C(F)(F)F. The van der Waals surface area contributed by atoms with E-state index in [1.807, 2.05) is 18.2 Å². The number of urea groups is 1. The van der Waals surface area contributed by atoms with Crippen molar-refractivity contribution in [3.05, 3.63) is 76.1 Å². The fourth-order valence-corrected chi connectivity index (χ4v) is 3.16. The van der Waals surface area contributed by atoms with Gasteiger partial charge in [0.05, 0.1) is 34.9 Å². The van der Waals surface area contributed by atoms with E-state index < -0.39 is 17.8 Å². The third kappa shape index (κ3) is 4.89. The van der Waals surface area contributed by atoms with Gasteiger partial charge in [0.15, 0.2) is 0 Å². The maximum Gasteiger partial charge on any atom is 0.418 e. The Hall–Kier alpha value is -3.00. The van der Waals surface area contributed by atoms with E-state index in [0.29, 0.717) is 28.6 Å². The molecule has 1 aromatic heterocycles. The topological polar surface area (TPSA) is 59.0 Å². The second-order valence-electron chi connectivity index (χ2n) is 6.46. The van der Waals surface area contributed by atoms with Crippen molar-refractivity contribution in [1.29, 1.82) is 0 Å². The molecule has 2 amide bonds. The van der Waals surface area contributed by atoms with E-state index >= 15 is 0 Å². The first-order chi connectivity index (χ1) is 13.6. The predicted molar refractivity (Wildman–Crippen MR) is 106 cm³/mol. The molecule has 3 aromatic rings. The number of alkyl halides is 3. The number of anilines is 2. The van der Waals surface area contributed by atoms with Crippen LogP contribution in [0.15, 0.2) is 48.5 Å². The van der Waals surface area contributed by atoms with Crippen molar-refractivity contribution in [2.45, 2.75) is 26.6 Å². The lowest BCUT2D eigenvalue weighted by molar-refractivity contribution is -0.136. The van der Waals surface area contributed by atoms with Crippen LogP contribution in [0, 0.1) is 13.8 Å². The molecule has 0 aliphatic rings. The number of nitrogens with zero attached hydrogens (tertiary/aromatic N) is 2. The minimum atomic E-state index is -4.57. The molecule has 5 nitrogen and oxygen atoms in total. The highest BCUT2D eigenvalue weighted by molar-refractivity contribution is 6.30. The van der Waals surface area contributed by atoms with Crippen LogP contribution < -0.4 is 10.6 Å². The molecule has 9 heteroatoms. The summed E-state index contributed by atoms with van der Waals surface area (Å²) in [4.78, 5) is 12.3. The molecule has 0 bridgehead atoms. The summed E-state index contributed by atoms with van der Waals surface area (Å²) in [5.41, 5.74) is 1.34. The summed E-state index contributed by atoms with van der Waals surface area (Å²) >= 11 is 6.00. The van der Waals surface area contributed by atoms with Gasteiger partial charge in [0.25, 0.3) is 0 Å². The quantitative estimate of drug-likeness (QED) is 0.553. The van der Waals surface area contributed by atoms with Crippen LogP contribution in [0.4, 0.5) is 29.3 Å². The van der Waals surface area contributed by atoms with Gasteiger partial charge in [0.2, 0.25) is 0 Å². The first kappa shape index (κ1) is 20.7. The lowest BCUT2D eigenvalue weighted by Gasteiger charge is -2.14. The molecule has 0 aliphatic carbocycles. The van der Waals surface area contributed by atoms with E-state index in [1.165, 1.54) is 18.2 Å². The molecule has 0 aliphatic heterocycles. The summed E-state index contributed by atoms with van der Waals surface area (Å²) in [5.74, 6) is 0. The van der Waals surface area contributed by atoms with Gasteiger partial charge in [-0.2, -0.15) is 18.3 Å². The molecule has 3 rings (SSSR count). The second-order valence-corrected chi connectivity index (χ2v) is 6.89. The summed E-state index contributed by atoms with van der Waals surface area (Å²) in [6.07, 6.45) is -4.57. The lowest BCUT2D eigenvalue weighted by atomic mass is 10.1. The highest BCUT2D eigenvalue weighted by Gasteiger charge is 2.33. The summed E-state index contributed by atoms with van der Waals surface area (Å²) in [5, 5.41) is 9.86. The molecule has 2 aromatic carbocycles. The number of carbonyl (C=O) groups is 1. The number of halogens is 4. The molecule has 0 fully saturated rings. The van der Waals surface area contributed by atoms with Crippen molar-refractivity contribution in [3.8, 4) is 0 Å². The van der Waals surface area contributed by atoms with Gasteiger partial charge < -0.3 is 10.6 Å². The van der Waals surface area contributed by atoms with Gasteiger partial charge >= 0.3 is 12.2 Å². The zero-order chi connectivity index (χ0) is 21.2. The molecule has 0 unspecified atom stereocenters. The lowest BCUT2D eigenvalue weighted by Crippen LogP contribution is -2.22. The number of aromatic nitrogens is 2. The number of rotatable bonds is 4.